The zero-order chi connectivity index (χ0) is 13.8. The smallest absolute Gasteiger partial charge is 0.312 e. The number of aliphatic carboxylic acids is 1. The van der Waals surface area contributed by atoms with Crippen LogP contribution < -0.4 is 4.74 Å². The summed E-state index contributed by atoms with van der Waals surface area (Å²) in [5.74, 6) is -1.42. The van der Waals surface area contributed by atoms with E-state index < -0.39 is 17.2 Å². The Bertz CT molecular complexity index is 495. The van der Waals surface area contributed by atoms with E-state index in [4.69, 9.17) is 15.1 Å². The Morgan fingerprint density at radius 2 is 2.28 bits per heavy atom. The van der Waals surface area contributed by atoms with Crippen molar-refractivity contribution in [2.24, 2.45) is 5.41 Å². The first-order valence-corrected chi connectivity index (χ1v) is 5.49. The fraction of sp³-hybridized carbons (Fsp3) is 0.385. The van der Waals surface area contributed by atoms with Crippen molar-refractivity contribution < 1.29 is 19.0 Å². The second kappa shape index (κ2) is 5.50. The average molecular weight is 251 g/mol. The predicted octanol–water partition coefficient (Wildman–Crippen LogP) is 2.58. The molecule has 0 aliphatic heterocycles. The first-order chi connectivity index (χ1) is 8.42. The van der Waals surface area contributed by atoms with Crippen LogP contribution in [-0.4, -0.2) is 17.7 Å². The minimum Gasteiger partial charge on any atom is -0.492 e. The minimum atomic E-state index is -1.01. The monoisotopic (exact) mass is 251 g/mol. The van der Waals surface area contributed by atoms with Crippen molar-refractivity contribution in [1.82, 2.24) is 0 Å². The summed E-state index contributed by atoms with van der Waals surface area (Å²) in [6.45, 7) is 3.26. The molecule has 96 valence electrons. The van der Waals surface area contributed by atoms with Gasteiger partial charge in [-0.05, 0) is 25.5 Å². The van der Waals surface area contributed by atoms with Crippen molar-refractivity contribution in [2.75, 3.05) is 6.61 Å². The van der Waals surface area contributed by atoms with Crippen molar-refractivity contribution in [3.8, 4) is 11.8 Å². The van der Waals surface area contributed by atoms with E-state index in [1.54, 1.807) is 19.9 Å². The number of ether oxygens (including phenoxy) is 1. The Hall–Kier alpha value is -2.09. The van der Waals surface area contributed by atoms with E-state index in [0.717, 1.165) is 6.07 Å². The summed E-state index contributed by atoms with van der Waals surface area (Å²) in [4.78, 5) is 11.0. The molecular weight excluding hydrogens is 237 g/mol. The molecule has 0 saturated carbocycles. The Balaban J connectivity index is 2.78. The number of carbonyl (C=O) groups is 1. The van der Waals surface area contributed by atoms with Crippen LogP contribution in [0.25, 0.3) is 0 Å². The van der Waals surface area contributed by atoms with Crippen LogP contribution in [0.4, 0.5) is 4.39 Å². The van der Waals surface area contributed by atoms with Gasteiger partial charge >= 0.3 is 5.97 Å². The van der Waals surface area contributed by atoms with Crippen LogP contribution in [0.3, 0.4) is 0 Å². The van der Waals surface area contributed by atoms with E-state index in [2.05, 4.69) is 0 Å². The maximum atomic E-state index is 13.3. The first kappa shape index (κ1) is 14.0. The molecule has 1 atom stereocenters. The van der Waals surface area contributed by atoms with Gasteiger partial charge in [-0.1, -0.05) is 6.92 Å². The Labute approximate surface area is 105 Å². The molecule has 0 aliphatic carbocycles. The molecule has 0 aliphatic rings. The van der Waals surface area contributed by atoms with Gasteiger partial charge in [-0.3, -0.25) is 4.79 Å². The minimum absolute atomic E-state index is 0.0514. The van der Waals surface area contributed by atoms with Crippen molar-refractivity contribution in [3.05, 3.63) is 29.6 Å². The maximum Gasteiger partial charge on any atom is 0.312 e. The Morgan fingerprint density at radius 3 is 2.72 bits per heavy atom. The number of hydrogen-bond acceptors (Lipinski definition) is 3. The molecule has 5 heteroatoms. The van der Waals surface area contributed by atoms with Crippen molar-refractivity contribution in [2.45, 2.75) is 20.3 Å². The Kier molecular flexibility index (Phi) is 4.27. The van der Waals surface area contributed by atoms with Gasteiger partial charge in [-0.2, -0.15) is 5.26 Å². The quantitative estimate of drug-likeness (QED) is 0.873. The molecule has 0 fully saturated rings. The van der Waals surface area contributed by atoms with Crippen LogP contribution in [0.2, 0.25) is 0 Å². The molecule has 0 heterocycles. The lowest BCUT2D eigenvalue weighted by Gasteiger charge is -2.23. The highest BCUT2D eigenvalue weighted by Crippen LogP contribution is 2.24. The van der Waals surface area contributed by atoms with Gasteiger partial charge in [0.1, 0.15) is 24.2 Å². The fourth-order valence-electron chi connectivity index (χ4n) is 1.23. The third kappa shape index (κ3) is 2.98. The normalized spacial score (nSPS) is 13.4. The summed E-state index contributed by atoms with van der Waals surface area (Å²) in [5, 5.41) is 17.6. The zero-order valence-electron chi connectivity index (χ0n) is 10.2. The SMILES string of the molecule is CCC(C)(COc1ccc(C#N)c(F)c1)C(=O)O. The number of rotatable bonds is 5. The molecule has 0 aromatic heterocycles. The summed E-state index contributed by atoms with van der Waals surface area (Å²) >= 11 is 0. The lowest BCUT2D eigenvalue weighted by Crippen LogP contribution is -2.33. The summed E-state index contributed by atoms with van der Waals surface area (Å²) in [6, 6.07) is 5.52. The van der Waals surface area contributed by atoms with Gasteiger partial charge in [0.25, 0.3) is 0 Å². The van der Waals surface area contributed by atoms with Crippen LogP contribution in [-0.2, 0) is 4.79 Å². The van der Waals surface area contributed by atoms with Gasteiger partial charge in [0.15, 0.2) is 0 Å². The van der Waals surface area contributed by atoms with Crippen LogP contribution in [0.1, 0.15) is 25.8 Å². The van der Waals surface area contributed by atoms with Gasteiger partial charge < -0.3 is 9.84 Å². The number of benzene rings is 1. The number of carboxylic acids is 1. The zero-order valence-corrected chi connectivity index (χ0v) is 10.2. The van der Waals surface area contributed by atoms with Crippen LogP contribution in [0, 0.1) is 22.6 Å². The molecule has 18 heavy (non-hydrogen) atoms. The van der Waals surface area contributed by atoms with E-state index in [-0.39, 0.29) is 17.9 Å². The highest BCUT2D eigenvalue weighted by Gasteiger charge is 2.32. The molecule has 4 nitrogen and oxygen atoms in total. The van der Waals surface area contributed by atoms with Gasteiger partial charge in [0.2, 0.25) is 0 Å². The second-order valence-corrected chi connectivity index (χ2v) is 4.26. The number of nitriles is 1. The molecule has 0 saturated heterocycles. The number of hydrogen-bond donors (Lipinski definition) is 1. The first-order valence-electron chi connectivity index (χ1n) is 5.49. The highest BCUT2D eigenvalue weighted by atomic mass is 19.1. The fourth-order valence-corrected chi connectivity index (χ4v) is 1.23. The molecule has 1 rings (SSSR count). The van der Waals surface area contributed by atoms with Crippen LogP contribution in [0.5, 0.6) is 5.75 Å². The van der Waals surface area contributed by atoms with Gasteiger partial charge in [-0.25, -0.2) is 4.39 Å². The van der Waals surface area contributed by atoms with Gasteiger partial charge in [0, 0.05) is 6.07 Å². The second-order valence-electron chi connectivity index (χ2n) is 4.26. The van der Waals surface area contributed by atoms with E-state index in [1.165, 1.54) is 12.1 Å². The summed E-state index contributed by atoms with van der Waals surface area (Å²) < 4.78 is 18.6. The third-order valence-corrected chi connectivity index (χ3v) is 2.92. The predicted molar refractivity (Wildman–Crippen MR) is 62.6 cm³/mol. The van der Waals surface area contributed by atoms with Crippen molar-refractivity contribution >= 4 is 5.97 Å². The lowest BCUT2D eigenvalue weighted by atomic mass is 9.89. The topological polar surface area (TPSA) is 70.3 Å². The third-order valence-electron chi connectivity index (χ3n) is 2.92. The molecule has 0 amide bonds. The molecule has 0 radical (unpaired) electrons. The van der Waals surface area contributed by atoms with Crippen LogP contribution in [0.15, 0.2) is 18.2 Å². The molecule has 0 spiro atoms. The summed E-state index contributed by atoms with van der Waals surface area (Å²) in [5.41, 5.74) is -1.08. The maximum absolute atomic E-state index is 13.3. The molecular formula is C13H14FNO3. The summed E-state index contributed by atoms with van der Waals surface area (Å²) in [6.07, 6.45) is 0.404. The summed E-state index contributed by atoms with van der Waals surface area (Å²) in [7, 11) is 0. The Morgan fingerprint density at radius 1 is 1.61 bits per heavy atom. The number of nitrogens with zero attached hydrogens (tertiary/aromatic N) is 1. The average Bonchev–Trinajstić information content (AvgIpc) is 2.35. The largest absolute Gasteiger partial charge is 0.492 e. The van der Waals surface area contributed by atoms with E-state index >= 15 is 0 Å². The van der Waals surface area contributed by atoms with Crippen molar-refractivity contribution in [3.63, 3.8) is 0 Å². The van der Waals surface area contributed by atoms with Gasteiger partial charge in [-0.15, -0.1) is 0 Å². The van der Waals surface area contributed by atoms with Crippen LogP contribution >= 0.6 is 0 Å². The number of halogens is 1. The molecule has 1 aromatic rings. The number of carboxylic acid groups (broad SMARTS) is 1. The van der Waals surface area contributed by atoms with E-state index in [9.17, 15) is 9.18 Å². The highest BCUT2D eigenvalue weighted by molar-refractivity contribution is 5.74. The molecule has 0 bridgehead atoms. The molecule has 1 N–H and O–H groups in total. The lowest BCUT2D eigenvalue weighted by molar-refractivity contribution is -0.149. The molecule has 1 aromatic carbocycles. The van der Waals surface area contributed by atoms with Crippen molar-refractivity contribution in [1.29, 1.82) is 5.26 Å². The molecule has 1 unspecified atom stereocenters. The van der Waals surface area contributed by atoms with E-state index in [0.29, 0.717) is 6.42 Å². The van der Waals surface area contributed by atoms with E-state index in [1.807, 2.05) is 0 Å². The van der Waals surface area contributed by atoms with Gasteiger partial charge in [0.05, 0.1) is 11.0 Å². The standard InChI is InChI=1S/C13H14FNO3/c1-3-13(2,12(16)17)8-18-10-5-4-9(7-15)11(14)6-10/h4-6H,3,8H2,1-2H3,(H,16,17).